The van der Waals surface area contributed by atoms with E-state index in [1.165, 1.54) is 0 Å². The number of rotatable bonds is 14. The average Bonchev–Trinajstić information content (AvgIpc) is 2.91. The van der Waals surface area contributed by atoms with E-state index in [1.807, 2.05) is 31.2 Å². The molecule has 1 saturated carbocycles. The molecule has 1 aliphatic rings. The number of hydrogen-bond donors (Lipinski definition) is 3. The van der Waals surface area contributed by atoms with Crippen LogP contribution in [0.1, 0.15) is 71.6 Å². The fourth-order valence-electron chi connectivity index (χ4n) is 3.77. The van der Waals surface area contributed by atoms with Crippen LogP contribution in [0.25, 0.3) is 0 Å². The van der Waals surface area contributed by atoms with Crippen molar-refractivity contribution < 1.29 is 24.9 Å². The predicted molar refractivity (Wildman–Crippen MR) is 108 cm³/mol. The Bertz CT molecular complexity index is 460. The summed E-state index contributed by atoms with van der Waals surface area (Å²) < 4.78 is 5.84. The first-order chi connectivity index (χ1) is 13.0. The standard InChI is InChI=1S/C22H38O5/c1-3-5-8-11-17(23)14-15-19-18(20(24)16-21(19)27-4-2)12-9-6-7-10-13-22(25)26/h6,9,14-15,17-21,23-24H,3-5,7-8,10-13,16H2,1-2H3,(H,25,26). The van der Waals surface area contributed by atoms with Crippen LogP contribution in [0.2, 0.25) is 0 Å². The minimum absolute atomic E-state index is 0.0190. The molecule has 1 rings (SSSR count). The summed E-state index contributed by atoms with van der Waals surface area (Å²) in [4.78, 5) is 10.5. The molecule has 0 bridgehead atoms. The highest BCUT2D eigenvalue weighted by molar-refractivity contribution is 5.66. The SMILES string of the molecule is CCCCCC(O)C=CC1C(OCC)CC(O)C1CC=CCCCC(=O)O. The van der Waals surface area contributed by atoms with Crippen molar-refractivity contribution in [1.82, 2.24) is 0 Å². The van der Waals surface area contributed by atoms with E-state index in [-0.39, 0.29) is 24.4 Å². The zero-order valence-electron chi connectivity index (χ0n) is 16.9. The number of hydrogen-bond acceptors (Lipinski definition) is 4. The molecule has 0 aliphatic heterocycles. The smallest absolute Gasteiger partial charge is 0.303 e. The van der Waals surface area contributed by atoms with E-state index in [1.54, 1.807) is 0 Å². The monoisotopic (exact) mass is 382 g/mol. The summed E-state index contributed by atoms with van der Waals surface area (Å²) in [6.07, 6.45) is 14.0. The maximum atomic E-state index is 10.5. The summed E-state index contributed by atoms with van der Waals surface area (Å²) in [5, 5.41) is 29.3. The summed E-state index contributed by atoms with van der Waals surface area (Å²) >= 11 is 0. The van der Waals surface area contributed by atoms with E-state index in [0.717, 1.165) is 38.5 Å². The second kappa shape index (κ2) is 13.9. The molecular formula is C22H38O5. The van der Waals surface area contributed by atoms with Gasteiger partial charge in [-0.2, -0.15) is 0 Å². The number of aliphatic hydroxyl groups is 2. The Labute approximate surface area is 164 Å². The van der Waals surface area contributed by atoms with E-state index < -0.39 is 18.2 Å². The Hall–Kier alpha value is -1.17. The molecule has 5 unspecified atom stereocenters. The van der Waals surface area contributed by atoms with Gasteiger partial charge in [0.1, 0.15) is 0 Å². The van der Waals surface area contributed by atoms with Gasteiger partial charge in [-0.1, -0.05) is 50.5 Å². The molecule has 0 aromatic rings. The third kappa shape index (κ3) is 9.54. The van der Waals surface area contributed by atoms with Gasteiger partial charge in [-0.05, 0) is 38.5 Å². The van der Waals surface area contributed by atoms with Crippen LogP contribution in [0.3, 0.4) is 0 Å². The zero-order valence-corrected chi connectivity index (χ0v) is 16.9. The number of aliphatic carboxylic acids is 1. The van der Waals surface area contributed by atoms with Crippen molar-refractivity contribution in [3.63, 3.8) is 0 Å². The largest absolute Gasteiger partial charge is 0.481 e. The molecule has 156 valence electrons. The van der Waals surface area contributed by atoms with E-state index in [4.69, 9.17) is 9.84 Å². The molecule has 0 aromatic carbocycles. The average molecular weight is 383 g/mol. The quantitative estimate of drug-likeness (QED) is 0.311. The first kappa shape index (κ1) is 23.9. The number of aliphatic hydroxyl groups excluding tert-OH is 2. The summed E-state index contributed by atoms with van der Waals surface area (Å²) in [7, 11) is 0. The molecule has 0 aromatic heterocycles. The molecular weight excluding hydrogens is 344 g/mol. The predicted octanol–water partition coefficient (Wildman–Crippen LogP) is 4.09. The maximum Gasteiger partial charge on any atom is 0.303 e. The molecule has 1 aliphatic carbocycles. The fraction of sp³-hybridized carbons (Fsp3) is 0.773. The molecule has 0 amide bonds. The topological polar surface area (TPSA) is 87.0 Å². The second-order valence-corrected chi connectivity index (χ2v) is 7.48. The van der Waals surface area contributed by atoms with Crippen molar-refractivity contribution in [2.75, 3.05) is 6.61 Å². The summed E-state index contributed by atoms with van der Waals surface area (Å²) in [6, 6.07) is 0. The van der Waals surface area contributed by atoms with Gasteiger partial charge in [-0.25, -0.2) is 0 Å². The molecule has 5 atom stereocenters. The van der Waals surface area contributed by atoms with Crippen molar-refractivity contribution in [3.05, 3.63) is 24.3 Å². The van der Waals surface area contributed by atoms with Gasteiger partial charge in [-0.3, -0.25) is 4.79 Å². The van der Waals surface area contributed by atoms with Crippen molar-refractivity contribution in [3.8, 4) is 0 Å². The highest BCUT2D eigenvalue weighted by Crippen LogP contribution is 2.38. The van der Waals surface area contributed by atoms with Gasteiger partial charge in [0, 0.05) is 25.4 Å². The van der Waals surface area contributed by atoms with Crippen molar-refractivity contribution in [2.24, 2.45) is 11.8 Å². The lowest BCUT2D eigenvalue weighted by Gasteiger charge is -2.22. The Morgan fingerprint density at radius 3 is 2.67 bits per heavy atom. The van der Waals surface area contributed by atoms with Gasteiger partial charge in [0.2, 0.25) is 0 Å². The zero-order chi connectivity index (χ0) is 20.1. The van der Waals surface area contributed by atoms with Gasteiger partial charge in [-0.15, -0.1) is 0 Å². The van der Waals surface area contributed by atoms with Crippen LogP contribution < -0.4 is 0 Å². The van der Waals surface area contributed by atoms with E-state index >= 15 is 0 Å². The van der Waals surface area contributed by atoms with Gasteiger partial charge in [0.05, 0.1) is 18.3 Å². The van der Waals surface area contributed by atoms with Crippen molar-refractivity contribution >= 4 is 5.97 Å². The summed E-state index contributed by atoms with van der Waals surface area (Å²) in [6.45, 7) is 4.72. The normalized spacial score (nSPS) is 27.0. The third-order valence-corrected chi connectivity index (χ3v) is 5.27. The lowest BCUT2D eigenvalue weighted by molar-refractivity contribution is -0.137. The molecule has 1 fully saturated rings. The van der Waals surface area contributed by atoms with Crippen LogP contribution in [0, 0.1) is 11.8 Å². The molecule has 0 saturated heterocycles. The Kier molecular flexibility index (Phi) is 12.3. The van der Waals surface area contributed by atoms with Crippen LogP contribution in [-0.4, -0.2) is 46.2 Å². The molecule has 0 spiro atoms. The third-order valence-electron chi connectivity index (χ3n) is 5.27. The molecule has 0 heterocycles. The van der Waals surface area contributed by atoms with Crippen molar-refractivity contribution in [2.45, 2.75) is 89.9 Å². The Morgan fingerprint density at radius 1 is 1.22 bits per heavy atom. The highest BCUT2D eigenvalue weighted by atomic mass is 16.5. The van der Waals surface area contributed by atoms with Gasteiger partial charge >= 0.3 is 5.97 Å². The van der Waals surface area contributed by atoms with Gasteiger partial charge < -0.3 is 20.1 Å². The number of carboxylic acids is 1. The maximum absolute atomic E-state index is 10.5. The molecule has 5 nitrogen and oxygen atoms in total. The van der Waals surface area contributed by atoms with Crippen LogP contribution >= 0.6 is 0 Å². The fourth-order valence-corrected chi connectivity index (χ4v) is 3.77. The summed E-state index contributed by atoms with van der Waals surface area (Å²) in [5.41, 5.74) is 0. The minimum Gasteiger partial charge on any atom is -0.481 e. The van der Waals surface area contributed by atoms with E-state index in [0.29, 0.717) is 19.4 Å². The van der Waals surface area contributed by atoms with E-state index in [9.17, 15) is 15.0 Å². The number of allylic oxidation sites excluding steroid dienone is 2. The first-order valence-electron chi connectivity index (χ1n) is 10.5. The molecule has 0 radical (unpaired) electrons. The van der Waals surface area contributed by atoms with Gasteiger partial charge in [0.25, 0.3) is 0 Å². The Balaban J connectivity index is 2.60. The molecule has 27 heavy (non-hydrogen) atoms. The Morgan fingerprint density at radius 2 is 2.00 bits per heavy atom. The lowest BCUT2D eigenvalue weighted by atomic mass is 9.89. The summed E-state index contributed by atoms with van der Waals surface area (Å²) in [5.74, 6) is -0.613. The number of carboxylic acid groups (broad SMARTS) is 1. The first-order valence-corrected chi connectivity index (χ1v) is 10.5. The van der Waals surface area contributed by atoms with Crippen LogP contribution in [0.4, 0.5) is 0 Å². The minimum atomic E-state index is -0.767. The number of carbonyl (C=O) groups is 1. The van der Waals surface area contributed by atoms with Crippen LogP contribution in [-0.2, 0) is 9.53 Å². The number of unbranched alkanes of at least 4 members (excludes halogenated alkanes) is 3. The van der Waals surface area contributed by atoms with E-state index in [2.05, 4.69) is 6.92 Å². The lowest BCUT2D eigenvalue weighted by Crippen LogP contribution is -2.22. The van der Waals surface area contributed by atoms with Crippen LogP contribution in [0.15, 0.2) is 24.3 Å². The molecule has 5 heteroatoms. The van der Waals surface area contributed by atoms with Crippen LogP contribution in [0.5, 0.6) is 0 Å². The number of ether oxygens (including phenoxy) is 1. The highest BCUT2D eigenvalue weighted by Gasteiger charge is 2.40. The second-order valence-electron chi connectivity index (χ2n) is 7.48. The van der Waals surface area contributed by atoms with Gasteiger partial charge in [0.15, 0.2) is 0 Å². The van der Waals surface area contributed by atoms with Crippen molar-refractivity contribution in [1.29, 1.82) is 0 Å². The molecule has 3 N–H and O–H groups in total.